The number of alkyl halides is 1. The molecule has 0 radical (unpaired) electrons. The highest BCUT2D eigenvalue weighted by Gasteiger charge is 2.01. The maximum atomic E-state index is 10.9. The van der Waals surface area contributed by atoms with E-state index in [0.717, 1.165) is 5.75 Å². The van der Waals surface area contributed by atoms with Gasteiger partial charge in [0.25, 0.3) is 0 Å². The van der Waals surface area contributed by atoms with Crippen LogP contribution in [0.15, 0.2) is 0 Å². The number of rotatable bonds is 4. The van der Waals surface area contributed by atoms with Gasteiger partial charge in [0.2, 0.25) is 5.91 Å². The van der Waals surface area contributed by atoms with Gasteiger partial charge in [0.1, 0.15) is 0 Å². The molecule has 0 spiro atoms. The monoisotopic (exact) mass is 181 g/mol. The summed E-state index contributed by atoms with van der Waals surface area (Å²) in [7, 11) is 3.51. The molecule has 0 atom stereocenters. The Kier molecular flexibility index (Phi) is 5.93. The van der Waals surface area contributed by atoms with Crippen molar-refractivity contribution >= 4 is 29.3 Å². The van der Waals surface area contributed by atoms with Crippen LogP contribution in [0, 0.1) is 0 Å². The van der Waals surface area contributed by atoms with Gasteiger partial charge in [-0.05, 0) is 0 Å². The predicted molar refractivity (Wildman–Crippen MR) is 46.7 cm³/mol. The number of thioether (sulfide) groups is 1. The minimum Gasteiger partial charge on any atom is -0.348 e. The normalized spacial score (nSPS) is 9.50. The van der Waals surface area contributed by atoms with Gasteiger partial charge in [0.15, 0.2) is 0 Å². The molecule has 10 heavy (non-hydrogen) atoms. The molecular formula is C6H12ClNOS. The molecule has 0 aromatic rings. The van der Waals surface area contributed by atoms with Crippen molar-refractivity contribution in [1.29, 1.82) is 0 Å². The largest absolute Gasteiger partial charge is 0.348 e. The van der Waals surface area contributed by atoms with Crippen molar-refractivity contribution in [2.45, 2.75) is 0 Å². The maximum Gasteiger partial charge on any atom is 0.232 e. The van der Waals surface area contributed by atoms with Crippen molar-refractivity contribution in [1.82, 2.24) is 4.90 Å². The Bertz CT molecular complexity index is 108. The van der Waals surface area contributed by atoms with Crippen molar-refractivity contribution in [2.24, 2.45) is 0 Å². The Morgan fingerprint density at radius 2 is 2.20 bits per heavy atom. The van der Waals surface area contributed by atoms with E-state index in [-0.39, 0.29) is 5.91 Å². The fraction of sp³-hybridized carbons (Fsp3) is 0.833. The summed E-state index contributed by atoms with van der Waals surface area (Å²) in [6.07, 6.45) is 0. The third-order valence-electron chi connectivity index (χ3n) is 0.946. The number of carbonyl (C=O) groups is 1. The first-order valence-corrected chi connectivity index (χ1v) is 4.71. The lowest BCUT2D eigenvalue weighted by Gasteiger charge is -2.08. The van der Waals surface area contributed by atoms with Gasteiger partial charge in [-0.25, -0.2) is 0 Å². The zero-order chi connectivity index (χ0) is 7.98. The SMILES string of the molecule is CN(C)C(=O)CSCCCl. The molecule has 0 aromatic heterocycles. The van der Waals surface area contributed by atoms with E-state index < -0.39 is 0 Å². The van der Waals surface area contributed by atoms with E-state index >= 15 is 0 Å². The number of halogens is 1. The first kappa shape index (κ1) is 10.1. The van der Waals surface area contributed by atoms with Crippen LogP contribution in [-0.2, 0) is 4.79 Å². The lowest BCUT2D eigenvalue weighted by molar-refractivity contribution is -0.125. The number of amides is 1. The van der Waals surface area contributed by atoms with Gasteiger partial charge in [-0.1, -0.05) is 0 Å². The topological polar surface area (TPSA) is 20.3 Å². The van der Waals surface area contributed by atoms with Crippen molar-refractivity contribution < 1.29 is 4.79 Å². The van der Waals surface area contributed by atoms with Gasteiger partial charge in [-0.2, -0.15) is 11.8 Å². The molecule has 0 fully saturated rings. The molecule has 0 N–H and O–H groups in total. The molecule has 0 bridgehead atoms. The highest BCUT2D eigenvalue weighted by Crippen LogP contribution is 2.00. The molecule has 0 aromatic carbocycles. The minimum absolute atomic E-state index is 0.148. The summed E-state index contributed by atoms with van der Waals surface area (Å²) in [5.74, 6) is 2.15. The molecule has 1 amide bonds. The highest BCUT2D eigenvalue weighted by molar-refractivity contribution is 8.00. The van der Waals surface area contributed by atoms with Gasteiger partial charge in [0.05, 0.1) is 5.75 Å². The van der Waals surface area contributed by atoms with E-state index in [1.165, 1.54) is 0 Å². The lowest BCUT2D eigenvalue weighted by atomic mass is 10.6. The summed E-state index contributed by atoms with van der Waals surface area (Å²) < 4.78 is 0. The fourth-order valence-corrected chi connectivity index (χ4v) is 1.36. The smallest absolute Gasteiger partial charge is 0.232 e. The Morgan fingerprint density at radius 1 is 1.60 bits per heavy atom. The van der Waals surface area contributed by atoms with Crippen LogP contribution in [0.4, 0.5) is 0 Å². The Balaban J connectivity index is 3.22. The van der Waals surface area contributed by atoms with Crippen molar-refractivity contribution in [2.75, 3.05) is 31.5 Å². The van der Waals surface area contributed by atoms with Crippen LogP contribution in [0.5, 0.6) is 0 Å². The average molecular weight is 182 g/mol. The summed E-state index contributed by atoms with van der Waals surface area (Å²) in [5, 5.41) is 0. The number of nitrogens with zero attached hydrogens (tertiary/aromatic N) is 1. The fourth-order valence-electron chi connectivity index (χ4n) is 0.343. The molecular weight excluding hydrogens is 170 g/mol. The van der Waals surface area contributed by atoms with E-state index in [1.807, 2.05) is 0 Å². The van der Waals surface area contributed by atoms with Gasteiger partial charge in [-0.3, -0.25) is 4.79 Å². The molecule has 0 rings (SSSR count). The second-order valence-electron chi connectivity index (χ2n) is 2.03. The molecule has 0 aliphatic carbocycles. The molecule has 0 aliphatic heterocycles. The van der Waals surface area contributed by atoms with E-state index in [0.29, 0.717) is 11.6 Å². The van der Waals surface area contributed by atoms with Gasteiger partial charge < -0.3 is 4.90 Å². The second-order valence-corrected chi connectivity index (χ2v) is 3.51. The molecule has 0 saturated carbocycles. The zero-order valence-corrected chi connectivity index (χ0v) is 7.84. The first-order valence-electron chi connectivity index (χ1n) is 3.02. The van der Waals surface area contributed by atoms with E-state index in [4.69, 9.17) is 11.6 Å². The Hall–Kier alpha value is 0.110. The summed E-state index contributed by atoms with van der Waals surface area (Å²) in [6, 6.07) is 0. The van der Waals surface area contributed by atoms with E-state index in [2.05, 4.69) is 0 Å². The summed E-state index contributed by atoms with van der Waals surface area (Å²) in [5.41, 5.74) is 0. The quantitative estimate of drug-likeness (QED) is 0.478. The molecule has 4 heteroatoms. The molecule has 0 unspecified atom stereocenters. The second kappa shape index (κ2) is 5.86. The Labute approximate surface area is 70.9 Å². The average Bonchev–Trinajstić information content (AvgIpc) is 1.88. The molecule has 2 nitrogen and oxygen atoms in total. The number of hydrogen-bond acceptors (Lipinski definition) is 2. The van der Waals surface area contributed by atoms with Crippen molar-refractivity contribution in [3.8, 4) is 0 Å². The highest BCUT2D eigenvalue weighted by atomic mass is 35.5. The predicted octanol–water partition coefficient (Wildman–Crippen LogP) is 1.05. The molecule has 0 aliphatic rings. The summed E-state index contributed by atoms with van der Waals surface area (Å²) in [6.45, 7) is 0. The third-order valence-corrected chi connectivity index (χ3v) is 2.30. The number of hydrogen-bond donors (Lipinski definition) is 0. The van der Waals surface area contributed by atoms with Crippen LogP contribution in [0.25, 0.3) is 0 Å². The van der Waals surface area contributed by atoms with Crippen molar-refractivity contribution in [3.63, 3.8) is 0 Å². The van der Waals surface area contributed by atoms with Crippen LogP contribution >= 0.6 is 23.4 Å². The minimum atomic E-state index is 0.148. The first-order chi connectivity index (χ1) is 4.68. The van der Waals surface area contributed by atoms with Crippen molar-refractivity contribution in [3.05, 3.63) is 0 Å². The summed E-state index contributed by atoms with van der Waals surface area (Å²) >= 11 is 6.99. The van der Waals surface area contributed by atoms with Crippen LogP contribution in [-0.4, -0.2) is 42.3 Å². The lowest BCUT2D eigenvalue weighted by Crippen LogP contribution is -2.23. The van der Waals surface area contributed by atoms with Gasteiger partial charge >= 0.3 is 0 Å². The maximum absolute atomic E-state index is 10.9. The van der Waals surface area contributed by atoms with Gasteiger partial charge in [0, 0.05) is 25.7 Å². The number of carbonyl (C=O) groups excluding carboxylic acids is 1. The third kappa shape index (κ3) is 4.94. The molecule has 0 heterocycles. The summed E-state index contributed by atoms with van der Waals surface area (Å²) in [4.78, 5) is 12.5. The molecule has 60 valence electrons. The Morgan fingerprint density at radius 3 is 2.60 bits per heavy atom. The standard InChI is InChI=1S/C6H12ClNOS/c1-8(2)6(9)5-10-4-3-7/h3-5H2,1-2H3. The van der Waals surface area contributed by atoms with Gasteiger partial charge in [-0.15, -0.1) is 11.6 Å². The molecule has 0 saturated heterocycles. The zero-order valence-electron chi connectivity index (χ0n) is 6.26. The van der Waals surface area contributed by atoms with Crippen LogP contribution in [0.1, 0.15) is 0 Å². The van der Waals surface area contributed by atoms with E-state index in [1.54, 1.807) is 30.8 Å². The van der Waals surface area contributed by atoms with Crippen LogP contribution in [0.3, 0.4) is 0 Å². The van der Waals surface area contributed by atoms with Crippen LogP contribution < -0.4 is 0 Å². The van der Waals surface area contributed by atoms with E-state index in [9.17, 15) is 4.79 Å². The van der Waals surface area contributed by atoms with Crippen LogP contribution in [0.2, 0.25) is 0 Å².